The molecule has 0 atom stereocenters. The van der Waals surface area contributed by atoms with Crippen molar-refractivity contribution in [3.05, 3.63) is 58.1 Å². The average Bonchev–Trinajstić information content (AvgIpc) is 2.58. The SMILES string of the molecule is O=C(COCC(=O)Nc1ccc(Cl)cc1C(=O)O)Nc1ccc(Cl)cc1. The smallest absolute Gasteiger partial charge is 0.337 e. The van der Waals surface area contributed by atoms with E-state index in [1.807, 2.05) is 0 Å². The lowest BCUT2D eigenvalue weighted by molar-refractivity contribution is -0.125. The largest absolute Gasteiger partial charge is 0.478 e. The van der Waals surface area contributed by atoms with Crippen LogP contribution in [0.4, 0.5) is 11.4 Å². The number of amides is 2. The van der Waals surface area contributed by atoms with Crippen molar-refractivity contribution < 1.29 is 24.2 Å². The molecule has 3 N–H and O–H groups in total. The molecule has 2 aromatic carbocycles. The molecule has 0 spiro atoms. The molecule has 2 amide bonds. The van der Waals surface area contributed by atoms with Crippen molar-refractivity contribution in [1.29, 1.82) is 0 Å². The second-order valence-electron chi connectivity index (χ2n) is 5.09. The Kier molecular flexibility index (Phi) is 6.97. The third-order valence-electron chi connectivity index (χ3n) is 3.08. The Morgan fingerprint density at radius 3 is 2.08 bits per heavy atom. The first-order chi connectivity index (χ1) is 12.3. The molecule has 0 aliphatic heterocycles. The van der Waals surface area contributed by atoms with Crippen LogP contribution in [0, 0.1) is 0 Å². The molecule has 0 fully saturated rings. The van der Waals surface area contributed by atoms with Gasteiger partial charge in [0.15, 0.2) is 0 Å². The van der Waals surface area contributed by atoms with Crippen molar-refractivity contribution in [3.63, 3.8) is 0 Å². The number of hydrogen-bond donors (Lipinski definition) is 3. The fourth-order valence-corrected chi connectivity index (χ4v) is 2.25. The standard InChI is InChI=1S/C17H14Cl2N2O5/c18-10-1-4-12(5-2-10)20-15(22)8-26-9-16(23)21-14-6-3-11(19)7-13(14)17(24)25/h1-7H,8-9H2,(H,20,22)(H,21,23)(H,24,25). The van der Waals surface area contributed by atoms with E-state index < -0.39 is 24.4 Å². The normalized spacial score (nSPS) is 10.2. The zero-order valence-corrected chi connectivity index (χ0v) is 14.8. The van der Waals surface area contributed by atoms with Crippen molar-refractivity contribution >= 4 is 52.4 Å². The number of carboxylic acid groups (broad SMARTS) is 1. The minimum absolute atomic E-state index is 0.0844. The molecule has 0 aliphatic rings. The highest BCUT2D eigenvalue weighted by molar-refractivity contribution is 6.31. The second-order valence-corrected chi connectivity index (χ2v) is 5.96. The first kappa shape index (κ1) is 19.7. The van der Waals surface area contributed by atoms with Gasteiger partial charge in [-0.15, -0.1) is 0 Å². The predicted octanol–water partition coefficient (Wildman–Crippen LogP) is 3.29. The second kappa shape index (κ2) is 9.19. The number of ether oxygens (including phenoxy) is 1. The number of nitrogens with one attached hydrogen (secondary N) is 2. The van der Waals surface area contributed by atoms with Gasteiger partial charge in [0.25, 0.3) is 0 Å². The van der Waals surface area contributed by atoms with Crippen LogP contribution in [0.1, 0.15) is 10.4 Å². The minimum Gasteiger partial charge on any atom is -0.478 e. The zero-order chi connectivity index (χ0) is 19.1. The molecule has 26 heavy (non-hydrogen) atoms. The summed E-state index contributed by atoms with van der Waals surface area (Å²) >= 11 is 11.5. The monoisotopic (exact) mass is 396 g/mol. The molecule has 0 aromatic heterocycles. The summed E-state index contributed by atoms with van der Waals surface area (Å²) in [5.74, 6) is -2.28. The van der Waals surface area contributed by atoms with Crippen LogP contribution < -0.4 is 10.6 Å². The highest BCUT2D eigenvalue weighted by Crippen LogP contribution is 2.20. The highest BCUT2D eigenvalue weighted by atomic mass is 35.5. The summed E-state index contributed by atoms with van der Waals surface area (Å²) in [6.45, 7) is -0.766. The molecule has 136 valence electrons. The minimum atomic E-state index is -1.23. The molecule has 7 nitrogen and oxygen atoms in total. The number of anilines is 2. The van der Waals surface area contributed by atoms with E-state index in [9.17, 15) is 14.4 Å². The first-order valence-electron chi connectivity index (χ1n) is 7.31. The molecule has 0 heterocycles. The fraction of sp³-hybridized carbons (Fsp3) is 0.118. The van der Waals surface area contributed by atoms with Gasteiger partial charge in [-0.1, -0.05) is 23.2 Å². The van der Waals surface area contributed by atoms with E-state index in [1.165, 1.54) is 18.2 Å². The lowest BCUT2D eigenvalue weighted by atomic mass is 10.2. The van der Waals surface area contributed by atoms with Gasteiger partial charge in [0, 0.05) is 15.7 Å². The van der Waals surface area contributed by atoms with E-state index >= 15 is 0 Å². The van der Waals surface area contributed by atoms with Gasteiger partial charge in [-0.2, -0.15) is 0 Å². The van der Waals surface area contributed by atoms with Crippen LogP contribution in [0.25, 0.3) is 0 Å². The van der Waals surface area contributed by atoms with Gasteiger partial charge in [0.05, 0.1) is 11.3 Å². The summed E-state index contributed by atoms with van der Waals surface area (Å²) in [7, 11) is 0. The maximum Gasteiger partial charge on any atom is 0.337 e. The van der Waals surface area contributed by atoms with Gasteiger partial charge < -0.3 is 20.5 Å². The third kappa shape index (κ3) is 6.03. The van der Waals surface area contributed by atoms with Crippen molar-refractivity contribution in [3.8, 4) is 0 Å². The lowest BCUT2D eigenvalue weighted by Gasteiger charge is -2.09. The molecule has 2 aromatic rings. The van der Waals surface area contributed by atoms with Gasteiger partial charge in [0.2, 0.25) is 11.8 Å². The maximum absolute atomic E-state index is 11.8. The fourth-order valence-electron chi connectivity index (χ4n) is 1.96. The van der Waals surface area contributed by atoms with Crippen LogP contribution in [-0.4, -0.2) is 36.1 Å². The van der Waals surface area contributed by atoms with E-state index in [-0.39, 0.29) is 22.9 Å². The zero-order valence-electron chi connectivity index (χ0n) is 13.3. The number of rotatable bonds is 7. The average molecular weight is 397 g/mol. The van der Waals surface area contributed by atoms with Gasteiger partial charge >= 0.3 is 5.97 Å². The molecular weight excluding hydrogens is 383 g/mol. The summed E-state index contributed by atoms with van der Waals surface area (Å²) in [6.07, 6.45) is 0. The molecule has 0 radical (unpaired) electrons. The third-order valence-corrected chi connectivity index (χ3v) is 3.57. The summed E-state index contributed by atoms with van der Waals surface area (Å²) in [5, 5.41) is 14.9. The van der Waals surface area contributed by atoms with Crippen molar-refractivity contribution in [2.75, 3.05) is 23.8 Å². The van der Waals surface area contributed by atoms with Crippen molar-refractivity contribution in [2.45, 2.75) is 0 Å². The first-order valence-corrected chi connectivity index (χ1v) is 8.06. The van der Waals surface area contributed by atoms with E-state index in [2.05, 4.69) is 10.6 Å². The van der Waals surface area contributed by atoms with Gasteiger partial charge in [-0.3, -0.25) is 9.59 Å². The molecule has 0 saturated heterocycles. The number of benzene rings is 2. The van der Waals surface area contributed by atoms with E-state index in [4.69, 9.17) is 33.0 Å². The van der Waals surface area contributed by atoms with Gasteiger partial charge in [-0.25, -0.2) is 4.79 Å². The summed E-state index contributed by atoms with van der Waals surface area (Å²) in [6, 6.07) is 10.5. The van der Waals surface area contributed by atoms with E-state index in [0.29, 0.717) is 10.7 Å². The number of halogens is 2. The van der Waals surface area contributed by atoms with Crippen LogP contribution in [0.3, 0.4) is 0 Å². The molecule has 0 bridgehead atoms. The Morgan fingerprint density at radius 2 is 1.46 bits per heavy atom. The number of carbonyl (C=O) groups excluding carboxylic acids is 2. The number of carboxylic acids is 1. The number of carbonyl (C=O) groups is 3. The number of hydrogen-bond acceptors (Lipinski definition) is 4. The molecule has 9 heteroatoms. The molecule has 0 aliphatic carbocycles. The number of aromatic carboxylic acids is 1. The summed E-state index contributed by atoms with van der Waals surface area (Å²) < 4.78 is 5.03. The molecular formula is C17H14Cl2N2O5. The Hall–Kier alpha value is -2.61. The predicted molar refractivity (Wildman–Crippen MR) is 97.9 cm³/mol. The van der Waals surface area contributed by atoms with Crippen molar-refractivity contribution in [2.24, 2.45) is 0 Å². The Labute approximate surface area is 158 Å². The van der Waals surface area contributed by atoms with Gasteiger partial charge in [0.1, 0.15) is 13.2 Å². The van der Waals surface area contributed by atoms with E-state index in [0.717, 1.165) is 0 Å². The summed E-state index contributed by atoms with van der Waals surface area (Å²) in [4.78, 5) is 34.7. The lowest BCUT2D eigenvalue weighted by Crippen LogP contribution is -2.24. The van der Waals surface area contributed by atoms with Gasteiger partial charge in [-0.05, 0) is 42.5 Å². The quantitative estimate of drug-likeness (QED) is 0.665. The van der Waals surface area contributed by atoms with Crippen LogP contribution in [0.2, 0.25) is 10.0 Å². The Balaban J connectivity index is 1.81. The Morgan fingerprint density at radius 1 is 0.885 bits per heavy atom. The summed E-state index contributed by atoms with van der Waals surface area (Å²) in [5.41, 5.74) is 0.479. The van der Waals surface area contributed by atoms with Crippen LogP contribution >= 0.6 is 23.2 Å². The van der Waals surface area contributed by atoms with E-state index in [1.54, 1.807) is 24.3 Å². The van der Waals surface area contributed by atoms with Crippen LogP contribution in [0.5, 0.6) is 0 Å². The van der Waals surface area contributed by atoms with Crippen molar-refractivity contribution in [1.82, 2.24) is 0 Å². The van der Waals surface area contributed by atoms with Crippen LogP contribution in [-0.2, 0) is 14.3 Å². The van der Waals surface area contributed by atoms with Crippen LogP contribution in [0.15, 0.2) is 42.5 Å². The molecule has 2 rings (SSSR count). The highest BCUT2D eigenvalue weighted by Gasteiger charge is 2.13. The molecule has 0 unspecified atom stereocenters. The molecule has 0 saturated carbocycles. The Bertz CT molecular complexity index is 824. The maximum atomic E-state index is 11.8. The topological polar surface area (TPSA) is 105 Å².